The number of carbonyl (C=O) groups is 1. The van der Waals surface area contributed by atoms with E-state index in [9.17, 15) is 21.6 Å². The van der Waals surface area contributed by atoms with E-state index < -0.39 is 32.5 Å². The van der Waals surface area contributed by atoms with Crippen LogP contribution in [0.5, 0.6) is 0 Å². The molecule has 0 aliphatic carbocycles. The maximum atomic E-state index is 12.7. The van der Waals surface area contributed by atoms with Crippen molar-refractivity contribution in [1.29, 1.82) is 0 Å². The van der Waals surface area contributed by atoms with Gasteiger partial charge in [0.1, 0.15) is 6.54 Å². The van der Waals surface area contributed by atoms with Gasteiger partial charge in [-0.15, -0.1) is 0 Å². The van der Waals surface area contributed by atoms with Crippen molar-refractivity contribution < 1.29 is 21.6 Å². The Morgan fingerprint density at radius 1 is 0.941 bits per heavy atom. The van der Waals surface area contributed by atoms with Crippen LogP contribution in [0, 0.1) is 0 Å². The van der Waals surface area contributed by atoms with E-state index in [-0.39, 0.29) is 26.3 Å². The first-order chi connectivity index (χ1) is 15.9. The Hall–Kier alpha value is -2.31. The second kappa shape index (κ2) is 10.5. The summed E-state index contributed by atoms with van der Waals surface area (Å²) in [5.74, 6) is -0.604. The van der Waals surface area contributed by atoms with Crippen LogP contribution in [-0.4, -0.2) is 35.5 Å². The van der Waals surface area contributed by atoms with Crippen LogP contribution in [0.1, 0.15) is 0 Å². The van der Waals surface area contributed by atoms with Crippen LogP contribution < -0.4 is 14.3 Å². The Labute approximate surface area is 216 Å². The molecule has 0 spiro atoms. The summed E-state index contributed by atoms with van der Waals surface area (Å²) in [7, 11) is -7.70. The average Bonchev–Trinajstić information content (AvgIpc) is 2.75. The second-order valence-corrected chi connectivity index (χ2v) is 12.3. The summed E-state index contributed by atoms with van der Waals surface area (Å²) in [5, 5.41) is 2.83. The molecule has 0 unspecified atom stereocenters. The second-order valence-electron chi connectivity index (χ2n) is 7.03. The maximum absolute atomic E-state index is 12.7. The molecule has 1 amide bonds. The number of rotatable bonds is 8. The third-order valence-electron chi connectivity index (χ3n) is 4.45. The van der Waals surface area contributed by atoms with E-state index in [4.69, 9.17) is 23.2 Å². The number of sulfonamides is 2. The lowest BCUT2D eigenvalue weighted by atomic mass is 10.3. The summed E-state index contributed by atoms with van der Waals surface area (Å²) in [5.41, 5.74) is 0.738. The van der Waals surface area contributed by atoms with Gasteiger partial charge in [0.2, 0.25) is 15.9 Å². The van der Waals surface area contributed by atoms with Gasteiger partial charge in [-0.05, 0) is 60.7 Å². The molecule has 3 rings (SSSR count). The lowest BCUT2D eigenvalue weighted by molar-refractivity contribution is -0.114. The van der Waals surface area contributed by atoms with E-state index in [1.54, 1.807) is 30.3 Å². The largest absolute Gasteiger partial charge is 0.325 e. The van der Waals surface area contributed by atoms with Gasteiger partial charge in [-0.3, -0.25) is 13.8 Å². The van der Waals surface area contributed by atoms with Gasteiger partial charge < -0.3 is 5.32 Å². The smallest absolute Gasteiger partial charge is 0.261 e. The SMILES string of the molecule is CS(=O)(=O)N(CC(=O)Nc1ccc(S(=O)(=O)Nc2cccc(Cl)c2Cl)cc1)c1ccc(Br)cc1. The van der Waals surface area contributed by atoms with Gasteiger partial charge in [-0.25, -0.2) is 16.8 Å². The minimum Gasteiger partial charge on any atom is -0.325 e. The third kappa shape index (κ3) is 6.63. The predicted octanol–water partition coefficient (Wildman–Crippen LogP) is 4.96. The minimum absolute atomic E-state index is 0.0674. The Bertz CT molecular complexity index is 1420. The van der Waals surface area contributed by atoms with Crippen molar-refractivity contribution in [3.8, 4) is 0 Å². The Balaban J connectivity index is 1.72. The van der Waals surface area contributed by atoms with E-state index in [1.807, 2.05) is 0 Å². The van der Waals surface area contributed by atoms with Crippen molar-refractivity contribution >= 4 is 82.1 Å². The summed E-state index contributed by atoms with van der Waals surface area (Å²) in [6.45, 7) is -0.463. The molecule has 0 saturated carbocycles. The van der Waals surface area contributed by atoms with E-state index in [1.165, 1.54) is 36.4 Å². The van der Waals surface area contributed by atoms with Crippen LogP contribution >= 0.6 is 39.1 Å². The molecule has 0 aromatic heterocycles. The quantitative estimate of drug-likeness (QED) is 0.376. The van der Waals surface area contributed by atoms with Crippen molar-refractivity contribution in [2.75, 3.05) is 27.1 Å². The van der Waals surface area contributed by atoms with Gasteiger partial charge in [0, 0.05) is 10.2 Å². The summed E-state index contributed by atoms with van der Waals surface area (Å²) in [6, 6.07) is 16.4. The Kier molecular flexibility index (Phi) is 8.14. The van der Waals surface area contributed by atoms with Gasteiger partial charge in [0.25, 0.3) is 10.0 Å². The van der Waals surface area contributed by atoms with E-state index in [2.05, 4.69) is 26.0 Å². The number of hydrogen-bond acceptors (Lipinski definition) is 5. The fourth-order valence-electron chi connectivity index (χ4n) is 2.84. The summed E-state index contributed by atoms with van der Waals surface area (Å²) >= 11 is 15.2. The molecule has 0 bridgehead atoms. The van der Waals surface area contributed by atoms with Gasteiger partial charge in [-0.2, -0.15) is 0 Å². The molecule has 13 heteroatoms. The van der Waals surface area contributed by atoms with Gasteiger partial charge in [0.15, 0.2) is 0 Å². The van der Waals surface area contributed by atoms with Crippen LogP contribution in [-0.2, 0) is 24.8 Å². The highest BCUT2D eigenvalue weighted by Crippen LogP contribution is 2.31. The number of nitrogens with one attached hydrogen (secondary N) is 2. The molecular weight excluding hydrogens is 589 g/mol. The zero-order valence-corrected chi connectivity index (χ0v) is 22.2. The molecule has 34 heavy (non-hydrogen) atoms. The van der Waals surface area contributed by atoms with Gasteiger partial charge in [-0.1, -0.05) is 45.2 Å². The summed E-state index contributed by atoms with van der Waals surface area (Å²) in [6.07, 6.45) is 1.00. The molecule has 3 aromatic carbocycles. The number of anilines is 3. The number of carbonyl (C=O) groups excluding carboxylic acids is 1. The highest BCUT2D eigenvalue weighted by molar-refractivity contribution is 9.10. The monoisotopic (exact) mass is 605 g/mol. The van der Waals surface area contributed by atoms with Crippen LogP contribution in [0.15, 0.2) is 76.1 Å². The summed E-state index contributed by atoms with van der Waals surface area (Å²) in [4.78, 5) is 12.4. The molecule has 8 nitrogen and oxygen atoms in total. The fraction of sp³-hybridized carbons (Fsp3) is 0.0952. The van der Waals surface area contributed by atoms with E-state index >= 15 is 0 Å². The highest BCUT2D eigenvalue weighted by Gasteiger charge is 2.21. The first-order valence-corrected chi connectivity index (χ1v) is 14.3. The van der Waals surface area contributed by atoms with Crippen LogP contribution in [0.3, 0.4) is 0 Å². The highest BCUT2D eigenvalue weighted by atomic mass is 79.9. The van der Waals surface area contributed by atoms with Crippen LogP contribution in [0.25, 0.3) is 0 Å². The van der Waals surface area contributed by atoms with Crippen molar-refractivity contribution in [2.45, 2.75) is 4.90 Å². The zero-order valence-electron chi connectivity index (χ0n) is 17.5. The molecular formula is C21H18BrCl2N3O5S2. The molecule has 0 heterocycles. The Morgan fingerprint density at radius 3 is 2.15 bits per heavy atom. The van der Waals surface area contributed by atoms with Crippen LogP contribution in [0.4, 0.5) is 17.1 Å². The molecule has 180 valence electrons. The van der Waals surface area contributed by atoms with Crippen molar-refractivity contribution in [3.63, 3.8) is 0 Å². The molecule has 0 saturated heterocycles. The molecule has 0 atom stereocenters. The number of hydrogen-bond donors (Lipinski definition) is 2. The zero-order chi connectivity index (χ0) is 25.1. The molecule has 0 aliphatic heterocycles. The molecule has 0 radical (unpaired) electrons. The van der Waals surface area contributed by atoms with E-state index in [0.29, 0.717) is 5.69 Å². The molecule has 3 aromatic rings. The fourth-order valence-corrected chi connectivity index (χ4v) is 5.44. The lowest BCUT2D eigenvalue weighted by Gasteiger charge is -2.22. The maximum Gasteiger partial charge on any atom is 0.261 e. The number of amides is 1. The first-order valence-electron chi connectivity index (χ1n) is 9.47. The number of halogens is 3. The van der Waals surface area contributed by atoms with Gasteiger partial charge >= 0.3 is 0 Å². The third-order valence-corrected chi connectivity index (χ3v) is 8.32. The predicted molar refractivity (Wildman–Crippen MR) is 139 cm³/mol. The van der Waals surface area contributed by atoms with Crippen LogP contribution in [0.2, 0.25) is 10.0 Å². The minimum atomic E-state index is -3.97. The topological polar surface area (TPSA) is 113 Å². The lowest BCUT2D eigenvalue weighted by Crippen LogP contribution is -2.37. The molecule has 0 fully saturated rings. The van der Waals surface area contributed by atoms with E-state index in [0.717, 1.165) is 15.0 Å². The normalized spacial score (nSPS) is 11.6. The average molecular weight is 607 g/mol. The van der Waals surface area contributed by atoms with Gasteiger partial charge in [0.05, 0.1) is 32.6 Å². The first kappa shape index (κ1) is 26.3. The van der Waals surface area contributed by atoms with Crippen molar-refractivity contribution in [3.05, 3.63) is 81.2 Å². The van der Waals surface area contributed by atoms with Crippen molar-refractivity contribution in [1.82, 2.24) is 0 Å². The molecule has 2 N–H and O–H groups in total. The van der Waals surface area contributed by atoms with Crippen molar-refractivity contribution in [2.24, 2.45) is 0 Å². The molecule has 0 aliphatic rings. The number of nitrogens with zero attached hydrogens (tertiary/aromatic N) is 1. The Morgan fingerprint density at radius 2 is 1.56 bits per heavy atom. The summed E-state index contributed by atoms with van der Waals surface area (Å²) < 4.78 is 53.8. The standard InChI is InChI=1S/C21H18BrCl2N3O5S2/c1-33(29,30)27(16-9-5-14(22)6-10-16)13-20(28)25-15-7-11-17(12-8-15)34(31,32)26-19-4-2-3-18(23)21(19)24/h2-12,26H,13H2,1H3,(H,25,28). The number of benzene rings is 3.